The molecule has 1 heterocycles. The van der Waals surface area contributed by atoms with Crippen LogP contribution in [0.25, 0.3) is 0 Å². The van der Waals surface area contributed by atoms with Crippen molar-refractivity contribution < 1.29 is 14.0 Å². The predicted molar refractivity (Wildman–Crippen MR) is 157 cm³/mol. The van der Waals surface area contributed by atoms with Crippen molar-refractivity contribution in [3.8, 4) is 0 Å². The molecule has 0 spiro atoms. The zero-order chi connectivity index (χ0) is 28.4. The topological polar surface area (TPSA) is 86.7 Å². The lowest BCUT2D eigenvalue weighted by Crippen LogP contribution is -2.35. The zero-order valence-electron chi connectivity index (χ0n) is 22.7. The molecule has 3 aromatic rings. The third-order valence-electron chi connectivity index (χ3n) is 6.87. The first-order valence-corrected chi connectivity index (χ1v) is 13.2. The number of benzene rings is 2. The number of aromatic nitrogens is 1. The molecule has 204 valence electrons. The van der Waals surface area contributed by atoms with E-state index in [4.69, 9.17) is 12.2 Å². The van der Waals surface area contributed by atoms with Gasteiger partial charge in [-0.3, -0.25) is 23.9 Å². The molecule has 1 aromatic heterocycles. The summed E-state index contributed by atoms with van der Waals surface area (Å²) < 4.78 is 16.2. The first-order valence-electron chi connectivity index (χ1n) is 12.8. The Bertz CT molecular complexity index is 1520. The molecule has 0 bridgehead atoms. The summed E-state index contributed by atoms with van der Waals surface area (Å²) in [6.07, 6.45) is 2.94. The molecule has 4 rings (SSSR count). The summed E-state index contributed by atoms with van der Waals surface area (Å²) in [4.78, 5) is 43.7. The van der Waals surface area contributed by atoms with Gasteiger partial charge in [0.1, 0.15) is 17.2 Å². The summed E-state index contributed by atoms with van der Waals surface area (Å²) in [5, 5.41) is 6.11. The van der Waals surface area contributed by atoms with E-state index in [1.807, 2.05) is 13.0 Å². The van der Waals surface area contributed by atoms with Crippen LogP contribution in [0.1, 0.15) is 47.7 Å². The zero-order valence-corrected chi connectivity index (χ0v) is 23.5. The van der Waals surface area contributed by atoms with Crippen LogP contribution in [0.2, 0.25) is 0 Å². The summed E-state index contributed by atoms with van der Waals surface area (Å²) in [7, 11) is 3.21. The number of halogens is 1. The van der Waals surface area contributed by atoms with Gasteiger partial charge in [-0.2, -0.15) is 0 Å². The SMILES string of the molecule is CCC(=S)Nc1cccc(N(C=O)c2c(C(=O)N(C)C3CC3)c(Nc3ccc(C)cc3F)n(C)c(=O)c2C)c1. The molecular weight excluding hydrogens is 517 g/mol. The third kappa shape index (κ3) is 5.70. The molecule has 39 heavy (non-hydrogen) atoms. The Morgan fingerprint density at radius 3 is 2.54 bits per heavy atom. The highest BCUT2D eigenvalue weighted by Gasteiger charge is 2.35. The van der Waals surface area contributed by atoms with Gasteiger partial charge >= 0.3 is 0 Å². The van der Waals surface area contributed by atoms with Crippen LogP contribution < -0.4 is 21.1 Å². The van der Waals surface area contributed by atoms with E-state index in [0.717, 1.165) is 18.4 Å². The molecule has 1 fully saturated rings. The fourth-order valence-electron chi connectivity index (χ4n) is 4.45. The highest BCUT2D eigenvalue weighted by Crippen LogP contribution is 2.38. The number of carbonyl (C=O) groups is 2. The monoisotopic (exact) mass is 549 g/mol. The maximum absolute atomic E-state index is 14.9. The van der Waals surface area contributed by atoms with Crippen molar-refractivity contribution in [2.45, 2.75) is 46.1 Å². The Hall–Kier alpha value is -4.05. The molecule has 0 aliphatic heterocycles. The molecule has 2 amide bonds. The lowest BCUT2D eigenvalue weighted by molar-refractivity contribution is -0.106. The van der Waals surface area contributed by atoms with Gasteiger partial charge in [0, 0.05) is 31.4 Å². The van der Waals surface area contributed by atoms with Crippen LogP contribution in [-0.4, -0.2) is 39.9 Å². The summed E-state index contributed by atoms with van der Waals surface area (Å²) in [5.74, 6) is -0.819. The standard InChI is InChI=1S/C29H32FN5O3S/c1-6-24(39)31-19-8-7-9-21(15-19)35(16-36)26-18(3)28(37)34(5)27(25(26)29(38)33(4)20-11-12-20)32-23-13-10-17(2)14-22(23)30/h7-10,13-16,20,32H,6,11-12H2,1-5H3,(H,31,39). The van der Waals surface area contributed by atoms with Gasteiger partial charge in [-0.15, -0.1) is 0 Å². The number of anilines is 5. The lowest BCUT2D eigenvalue weighted by Gasteiger charge is -2.28. The molecule has 1 aliphatic rings. The Balaban J connectivity index is 1.96. The second-order valence-electron chi connectivity index (χ2n) is 9.74. The Labute approximate surface area is 232 Å². The highest BCUT2D eigenvalue weighted by molar-refractivity contribution is 7.80. The van der Waals surface area contributed by atoms with E-state index >= 15 is 0 Å². The van der Waals surface area contributed by atoms with Gasteiger partial charge < -0.3 is 15.5 Å². The molecule has 8 nitrogen and oxygen atoms in total. The largest absolute Gasteiger partial charge is 0.350 e. The van der Waals surface area contributed by atoms with Crippen LogP contribution >= 0.6 is 12.2 Å². The normalized spacial score (nSPS) is 12.6. The predicted octanol–water partition coefficient (Wildman–Crippen LogP) is 5.56. The van der Waals surface area contributed by atoms with E-state index in [-0.39, 0.29) is 40.3 Å². The second-order valence-corrected chi connectivity index (χ2v) is 10.2. The number of aryl methyl sites for hydroxylation is 1. The average molecular weight is 550 g/mol. The number of nitrogens with zero attached hydrogens (tertiary/aromatic N) is 3. The van der Waals surface area contributed by atoms with E-state index in [0.29, 0.717) is 29.2 Å². The molecule has 0 unspecified atom stereocenters. The number of hydrogen-bond donors (Lipinski definition) is 2. The van der Waals surface area contributed by atoms with Gasteiger partial charge in [0.25, 0.3) is 11.5 Å². The van der Waals surface area contributed by atoms with Crippen molar-refractivity contribution >= 4 is 58.1 Å². The number of thiocarbonyl (C=S) groups is 1. The molecule has 0 radical (unpaired) electrons. The van der Waals surface area contributed by atoms with Crippen LogP contribution in [0.5, 0.6) is 0 Å². The molecule has 0 atom stereocenters. The minimum Gasteiger partial charge on any atom is -0.350 e. The number of pyridine rings is 1. The first-order chi connectivity index (χ1) is 18.6. The lowest BCUT2D eigenvalue weighted by atomic mass is 10.1. The number of amides is 2. The van der Waals surface area contributed by atoms with Crippen LogP contribution in [-0.2, 0) is 11.8 Å². The smallest absolute Gasteiger partial charge is 0.259 e. The van der Waals surface area contributed by atoms with Gasteiger partial charge in [-0.25, -0.2) is 4.39 Å². The van der Waals surface area contributed by atoms with Crippen LogP contribution in [0, 0.1) is 19.7 Å². The fraction of sp³-hybridized carbons (Fsp3) is 0.310. The van der Waals surface area contributed by atoms with Crippen molar-refractivity contribution in [3.05, 3.63) is 75.3 Å². The highest BCUT2D eigenvalue weighted by atomic mass is 32.1. The first kappa shape index (κ1) is 28.0. The third-order valence-corrected chi connectivity index (χ3v) is 7.26. The van der Waals surface area contributed by atoms with Gasteiger partial charge in [0.05, 0.1) is 22.1 Å². The average Bonchev–Trinajstić information content (AvgIpc) is 3.76. The Morgan fingerprint density at radius 2 is 1.92 bits per heavy atom. The van der Waals surface area contributed by atoms with E-state index in [2.05, 4.69) is 10.6 Å². The van der Waals surface area contributed by atoms with Crippen molar-refractivity contribution in [1.82, 2.24) is 9.47 Å². The molecule has 10 heteroatoms. The van der Waals surface area contributed by atoms with E-state index < -0.39 is 11.4 Å². The van der Waals surface area contributed by atoms with Crippen LogP contribution in [0.3, 0.4) is 0 Å². The molecule has 2 aromatic carbocycles. The number of hydrogen-bond acceptors (Lipinski definition) is 5. The van der Waals surface area contributed by atoms with Gasteiger partial charge in [-0.05, 0) is 69.0 Å². The van der Waals surface area contributed by atoms with Gasteiger partial charge in [0.2, 0.25) is 6.41 Å². The second kappa shape index (κ2) is 11.4. The summed E-state index contributed by atoms with van der Waals surface area (Å²) in [6, 6.07) is 11.7. The minimum atomic E-state index is -0.531. The Kier molecular flexibility index (Phi) is 8.15. The van der Waals surface area contributed by atoms with Crippen molar-refractivity contribution in [1.29, 1.82) is 0 Å². The fourth-order valence-corrected chi connectivity index (χ4v) is 4.57. The van der Waals surface area contributed by atoms with Crippen molar-refractivity contribution in [2.24, 2.45) is 7.05 Å². The summed E-state index contributed by atoms with van der Waals surface area (Å²) in [6.45, 7) is 5.27. The molecule has 0 saturated heterocycles. The quantitative estimate of drug-likeness (QED) is 0.268. The summed E-state index contributed by atoms with van der Waals surface area (Å²) >= 11 is 5.30. The van der Waals surface area contributed by atoms with Gasteiger partial charge in [-0.1, -0.05) is 31.3 Å². The van der Waals surface area contributed by atoms with Crippen molar-refractivity contribution in [3.63, 3.8) is 0 Å². The maximum Gasteiger partial charge on any atom is 0.259 e. The summed E-state index contributed by atoms with van der Waals surface area (Å²) in [5.41, 5.74) is 1.93. The Morgan fingerprint density at radius 1 is 1.21 bits per heavy atom. The van der Waals surface area contributed by atoms with E-state index in [1.165, 1.54) is 22.6 Å². The molecular formula is C29H32FN5O3S. The van der Waals surface area contributed by atoms with E-state index in [9.17, 15) is 18.8 Å². The van der Waals surface area contributed by atoms with Gasteiger partial charge in [0.15, 0.2) is 0 Å². The van der Waals surface area contributed by atoms with E-state index in [1.54, 1.807) is 56.1 Å². The van der Waals surface area contributed by atoms with Crippen LogP contribution in [0.15, 0.2) is 47.3 Å². The molecule has 2 N–H and O–H groups in total. The maximum atomic E-state index is 14.9. The van der Waals surface area contributed by atoms with Crippen molar-refractivity contribution in [2.75, 3.05) is 22.6 Å². The van der Waals surface area contributed by atoms with Crippen LogP contribution in [0.4, 0.5) is 33.0 Å². The number of rotatable bonds is 9. The number of nitrogens with one attached hydrogen (secondary N) is 2. The molecule has 1 aliphatic carbocycles. The number of carbonyl (C=O) groups excluding carboxylic acids is 2. The minimum absolute atomic E-state index is 0.0547. The molecule has 1 saturated carbocycles.